The van der Waals surface area contributed by atoms with Gasteiger partial charge in [0.2, 0.25) is 11.8 Å². The maximum atomic E-state index is 12.4. The van der Waals surface area contributed by atoms with E-state index >= 15 is 0 Å². The van der Waals surface area contributed by atoms with Crippen molar-refractivity contribution in [2.24, 2.45) is 0 Å². The van der Waals surface area contributed by atoms with Crippen molar-refractivity contribution >= 4 is 6.09 Å². The first-order chi connectivity index (χ1) is 15.7. The van der Waals surface area contributed by atoms with Crippen molar-refractivity contribution in [1.29, 1.82) is 0 Å². The summed E-state index contributed by atoms with van der Waals surface area (Å²) in [5, 5.41) is 8.38. The van der Waals surface area contributed by atoms with Gasteiger partial charge in [-0.15, -0.1) is 5.10 Å². The van der Waals surface area contributed by atoms with Crippen LogP contribution in [0.3, 0.4) is 0 Å². The zero-order valence-electron chi connectivity index (χ0n) is 19.5. The van der Waals surface area contributed by atoms with Crippen LogP contribution in [-0.2, 0) is 24.3 Å². The number of nitrogens with zero attached hydrogens (tertiary/aromatic N) is 6. The normalized spacial score (nSPS) is 13.4. The second kappa shape index (κ2) is 9.05. The van der Waals surface area contributed by atoms with Crippen molar-refractivity contribution in [1.82, 2.24) is 29.9 Å². The van der Waals surface area contributed by atoms with Crippen LogP contribution >= 0.6 is 0 Å². The van der Waals surface area contributed by atoms with E-state index in [9.17, 15) is 4.79 Å². The molecule has 0 bridgehead atoms. The number of rotatable bonds is 5. The van der Waals surface area contributed by atoms with Crippen LogP contribution in [0.2, 0.25) is 0 Å². The molecule has 1 aliphatic heterocycles. The molecule has 0 aromatic carbocycles. The molecule has 33 heavy (non-hydrogen) atoms. The number of hydrogen-bond acceptors (Lipinski definition) is 8. The van der Waals surface area contributed by atoms with Gasteiger partial charge in [-0.25, -0.2) is 19.4 Å². The molecule has 3 aromatic heterocycles. The van der Waals surface area contributed by atoms with Crippen LogP contribution in [0.15, 0.2) is 30.6 Å². The van der Waals surface area contributed by atoms with Crippen LogP contribution in [0.25, 0.3) is 5.69 Å². The van der Waals surface area contributed by atoms with E-state index in [1.54, 1.807) is 35.2 Å². The van der Waals surface area contributed by atoms with Crippen LogP contribution < -0.4 is 9.47 Å². The summed E-state index contributed by atoms with van der Waals surface area (Å²) in [6.45, 7) is 8.78. The van der Waals surface area contributed by atoms with Crippen molar-refractivity contribution in [3.63, 3.8) is 0 Å². The fraction of sp³-hybridized carbons (Fsp3) is 0.435. The molecule has 4 heterocycles. The maximum absolute atomic E-state index is 12.4. The first-order valence-corrected chi connectivity index (χ1v) is 10.7. The van der Waals surface area contributed by atoms with Crippen molar-refractivity contribution < 1.29 is 19.0 Å². The van der Waals surface area contributed by atoms with Gasteiger partial charge < -0.3 is 19.1 Å². The smallest absolute Gasteiger partial charge is 0.410 e. The van der Waals surface area contributed by atoms with Crippen LogP contribution in [0, 0.1) is 6.92 Å². The Bertz CT molecular complexity index is 1140. The number of aryl methyl sites for hydroxylation is 1. The summed E-state index contributed by atoms with van der Waals surface area (Å²) in [5.74, 6) is 1.04. The van der Waals surface area contributed by atoms with Gasteiger partial charge in [0.1, 0.15) is 17.9 Å². The van der Waals surface area contributed by atoms with E-state index in [4.69, 9.17) is 14.2 Å². The standard InChI is InChI=1S/C23H28N6O4/c1-15-19(29(27-26-15)18-6-7-20(31-5)25-12-18)14-32-21-10-16-8-9-28(13-17(16)11-24-21)22(30)33-23(2,3)4/h6-7,10-12H,8-9,13-14H2,1-5H3. The Labute approximate surface area is 192 Å². The van der Waals surface area contributed by atoms with Gasteiger partial charge in [-0.1, -0.05) is 5.21 Å². The average molecular weight is 453 g/mol. The van der Waals surface area contributed by atoms with Gasteiger partial charge in [0.25, 0.3) is 0 Å². The zero-order chi connectivity index (χ0) is 23.6. The molecule has 0 fully saturated rings. The van der Waals surface area contributed by atoms with Crippen molar-refractivity contribution in [3.05, 3.63) is 53.1 Å². The molecule has 10 heteroatoms. The number of carbonyl (C=O) groups excluding carboxylic acids is 1. The molecule has 0 aliphatic carbocycles. The molecule has 0 unspecified atom stereocenters. The third-order valence-electron chi connectivity index (χ3n) is 5.21. The minimum Gasteiger partial charge on any atom is -0.481 e. The largest absolute Gasteiger partial charge is 0.481 e. The fourth-order valence-corrected chi connectivity index (χ4v) is 3.49. The number of hydrogen-bond donors (Lipinski definition) is 0. The number of amides is 1. The molecular weight excluding hydrogens is 424 g/mol. The summed E-state index contributed by atoms with van der Waals surface area (Å²) < 4.78 is 18.3. The Morgan fingerprint density at radius 1 is 1.12 bits per heavy atom. The molecule has 3 aromatic rings. The predicted octanol–water partition coefficient (Wildman–Crippen LogP) is 3.25. The number of methoxy groups -OCH3 is 1. The van der Waals surface area contributed by atoms with E-state index in [-0.39, 0.29) is 12.7 Å². The van der Waals surface area contributed by atoms with Gasteiger partial charge in [0, 0.05) is 24.9 Å². The van der Waals surface area contributed by atoms with Gasteiger partial charge in [-0.3, -0.25) is 0 Å². The number of carbonyl (C=O) groups is 1. The second-order valence-electron chi connectivity index (χ2n) is 8.82. The predicted molar refractivity (Wildman–Crippen MR) is 119 cm³/mol. The number of pyridine rings is 2. The minimum atomic E-state index is -0.519. The Morgan fingerprint density at radius 2 is 1.91 bits per heavy atom. The topological polar surface area (TPSA) is 104 Å². The Hall–Kier alpha value is -3.69. The van der Waals surface area contributed by atoms with Gasteiger partial charge in [0.05, 0.1) is 31.2 Å². The van der Waals surface area contributed by atoms with E-state index in [0.29, 0.717) is 31.3 Å². The molecule has 0 saturated carbocycles. The third kappa shape index (κ3) is 5.21. The zero-order valence-corrected chi connectivity index (χ0v) is 19.5. The maximum Gasteiger partial charge on any atom is 0.410 e. The van der Waals surface area contributed by atoms with E-state index in [1.807, 2.05) is 39.8 Å². The lowest BCUT2D eigenvalue weighted by atomic mass is 10.0. The fourth-order valence-electron chi connectivity index (χ4n) is 3.49. The summed E-state index contributed by atoms with van der Waals surface area (Å²) in [4.78, 5) is 22.7. The van der Waals surface area contributed by atoms with Crippen molar-refractivity contribution in [2.75, 3.05) is 13.7 Å². The first kappa shape index (κ1) is 22.5. The lowest BCUT2D eigenvalue weighted by Gasteiger charge is -2.31. The van der Waals surface area contributed by atoms with Crippen LogP contribution in [0.1, 0.15) is 43.3 Å². The monoisotopic (exact) mass is 452 g/mol. The van der Waals surface area contributed by atoms with Gasteiger partial charge in [-0.05, 0) is 51.3 Å². The lowest BCUT2D eigenvalue weighted by molar-refractivity contribution is 0.0223. The Kier molecular flexibility index (Phi) is 6.17. The van der Waals surface area contributed by atoms with Crippen molar-refractivity contribution in [3.8, 4) is 17.4 Å². The highest BCUT2D eigenvalue weighted by atomic mass is 16.6. The molecule has 10 nitrogen and oxygen atoms in total. The average Bonchev–Trinajstić information content (AvgIpc) is 3.16. The van der Waals surface area contributed by atoms with E-state index in [2.05, 4.69) is 20.3 Å². The summed E-state index contributed by atoms with van der Waals surface area (Å²) in [6.07, 6.45) is 3.84. The highest BCUT2D eigenvalue weighted by Gasteiger charge is 2.26. The summed E-state index contributed by atoms with van der Waals surface area (Å²) in [6, 6.07) is 5.56. The van der Waals surface area contributed by atoms with Crippen molar-refractivity contribution in [2.45, 2.75) is 52.9 Å². The van der Waals surface area contributed by atoms with Gasteiger partial charge in [0.15, 0.2) is 0 Å². The molecule has 174 valence electrons. The molecular formula is C23H28N6O4. The SMILES string of the molecule is COc1ccc(-n2nnc(C)c2COc2cc3c(cn2)CN(C(=O)OC(C)(C)C)CC3)cn1. The van der Waals surface area contributed by atoms with E-state index in [0.717, 1.165) is 28.2 Å². The van der Waals surface area contributed by atoms with Crippen LogP contribution in [0.4, 0.5) is 4.79 Å². The van der Waals surface area contributed by atoms with Gasteiger partial charge >= 0.3 is 6.09 Å². The molecule has 0 spiro atoms. The quantitative estimate of drug-likeness (QED) is 0.581. The number of ether oxygens (including phenoxy) is 3. The molecule has 0 N–H and O–H groups in total. The molecule has 0 radical (unpaired) electrons. The molecule has 0 saturated heterocycles. The second-order valence-corrected chi connectivity index (χ2v) is 8.82. The lowest BCUT2D eigenvalue weighted by Crippen LogP contribution is -2.39. The minimum absolute atomic E-state index is 0.251. The highest BCUT2D eigenvalue weighted by Crippen LogP contribution is 2.24. The molecule has 1 aliphatic rings. The molecule has 0 atom stereocenters. The van der Waals surface area contributed by atoms with E-state index in [1.165, 1.54) is 0 Å². The number of aromatic nitrogens is 5. The van der Waals surface area contributed by atoms with Crippen LogP contribution in [-0.4, -0.2) is 55.2 Å². The van der Waals surface area contributed by atoms with E-state index < -0.39 is 5.60 Å². The third-order valence-corrected chi connectivity index (χ3v) is 5.21. The highest BCUT2D eigenvalue weighted by molar-refractivity contribution is 5.68. The Balaban J connectivity index is 1.44. The molecule has 4 rings (SSSR count). The summed E-state index contributed by atoms with van der Waals surface area (Å²) in [5.41, 5.74) is 3.91. The van der Waals surface area contributed by atoms with Crippen LogP contribution in [0.5, 0.6) is 11.8 Å². The number of fused-ring (bicyclic) bond motifs is 1. The summed E-state index contributed by atoms with van der Waals surface area (Å²) in [7, 11) is 1.57. The summed E-state index contributed by atoms with van der Waals surface area (Å²) >= 11 is 0. The van der Waals surface area contributed by atoms with Gasteiger partial charge in [-0.2, -0.15) is 0 Å². The molecule has 1 amide bonds. The first-order valence-electron chi connectivity index (χ1n) is 10.7. The Morgan fingerprint density at radius 3 is 2.61 bits per heavy atom.